The van der Waals surface area contributed by atoms with Crippen LogP contribution in [0.15, 0.2) is 61.3 Å². The third kappa shape index (κ3) is 4.32. The lowest BCUT2D eigenvalue weighted by Crippen LogP contribution is -1.88. The molecular weight excluding hydrogens is 156 g/mol. The standard InChI is InChI=1S/C11H14.C2H4/c1-3-7-10(2)11-8-5-4-6-9-11;1-2/h3-5,7-8H,2,6,9H2,1H3;1-2H2/b7-3-;. The van der Waals surface area contributed by atoms with Crippen molar-refractivity contribution in [2.24, 2.45) is 0 Å². The van der Waals surface area contributed by atoms with Gasteiger partial charge in [0.25, 0.3) is 0 Å². The van der Waals surface area contributed by atoms with Crippen LogP contribution in [0.5, 0.6) is 0 Å². The first-order valence-electron chi connectivity index (χ1n) is 4.52. The third-order valence-electron chi connectivity index (χ3n) is 1.79. The molecular formula is C13H18. The lowest BCUT2D eigenvalue weighted by Gasteiger charge is -2.07. The molecule has 0 aliphatic heterocycles. The third-order valence-corrected chi connectivity index (χ3v) is 1.79. The van der Waals surface area contributed by atoms with Gasteiger partial charge in [-0.2, -0.15) is 0 Å². The molecule has 0 radical (unpaired) electrons. The van der Waals surface area contributed by atoms with E-state index in [1.165, 1.54) is 5.57 Å². The van der Waals surface area contributed by atoms with Gasteiger partial charge in [0.05, 0.1) is 0 Å². The summed E-state index contributed by atoms with van der Waals surface area (Å²) in [6.07, 6.45) is 12.8. The molecule has 70 valence electrons. The molecule has 1 aliphatic carbocycles. The van der Waals surface area contributed by atoms with E-state index in [9.17, 15) is 0 Å². The van der Waals surface area contributed by atoms with Crippen LogP contribution in [0.4, 0.5) is 0 Å². The van der Waals surface area contributed by atoms with E-state index in [4.69, 9.17) is 0 Å². The first-order valence-corrected chi connectivity index (χ1v) is 4.52. The van der Waals surface area contributed by atoms with Crippen molar-refractivity contribution in [1.29, 1.82) is 0 Å². The Morgan fingerprint density at radius 1 is 1.46 bits per heavy atom. The van der Waals surface area contributed by atoms with Crippen molar-refractivity contribution < 1.29 is 0 Å². The monoisotopic (exact) mass is 174 g/mol. The van der Waals surface area contributed by atoms with Gasteiger partial charge in [-0.1, -0.05) is 37.0 Å². The molecule has 0 heterocycles. The zero-order valence-electron chi connectivity index (χ0n) is 8.42. The topological polar surface area (TPSA) is 0 Å². The Kier molecular flexibility index (Phi) is 6.62. The van der Waals surface area contributed by atoms with Crippen molar-refractivity contribution in [3.8, 4) is 0 Å². The summed E-state index contributed by atoms with van der Waals surface area (Å²) in [6.45, 7) is 12.0. The van der Waals surface area contributed by atoms with Gasteiger partial charge in [0.15, 0.2) is 0 Å². The van der Waals surface area contributed by atoms with Crippen LogP contribution in [0.3, 0.4) is 0 Å². The molecule has 0 nitrogen and oxygen atoms in total. The molecule has 0 unspecified atom stereocenters. The highest BCUT2D eigenvalue weighted by atomic mass is 14.0. The second-order valence-corrected chi connectivity index (χ2v) is 2.68. The highest BCUT2D eigenvalue weighted by Crippen LogP contribution is 2.19. The number of allylic oxidation sites excluding steroid dienone is 7. The van der Waals surface area contributed by atoms with E-state index >= 15 is 0 Å². The second kappa shape index (κ2) is 7.35. The van der Waals surface area contributed by atoms with Gasteiger partial charge in [0.2, 0.25) is 0 Å². The summed E-state index contributed by atoms with van der Waals surface area (Å²) in [7, 11) is 0. The number of hydrogen-bond donors (Lipinski definition) is 0. The quantitative estimate of drug-likeness (QED) is 0.435. The van der Waals surface area contributed by atoms with Gasteiger partial charge < -0.3 is 0 Å². The summed E-state index contributed by atoms with van der Waals surface area (Å²) in [6, 6.07) is 0. The maximum atomic E-state index is 3.98. The van der Waals surface area contributed by atoms with Crippen molar-refractivity contribution in [1.82, 2.24) is 0 Å². The molecule has 0 aromatic carbocycles. The molecule has 0 aromatic heterocycles. The average Bonchev–Trinajstić information content (AvgIpc) is 2.23. The summed E-state index contributed by atoms with van der Waals surface area (Å²) < 4.78 is 0. The van der Waals surface area contributed by atoms with Gasteiger partial charge in [-0.3, -0.25) is 0 Å². The Morgan fingerprint density at radius 2 is 2.15 bits per heavy atom. The van der Waals surface area contributed by atoms with Crippen LogP contribution < -0.4 is 0 Å². The van der Waals surface area contributed by atoms with E-state index in [1.54, 1.807) is 0 Å². The first-order chi connectivity index (χ1) is 6.34. The van der Waals surface area contributed by atoms with Crippen LogP contribution >= 0.6 is 0 Å². The molecule has 0 heteroatoms. The fourth-order valence-corrected chi connectivity index (χ4v) is 1.18. The van der Waals surface area contributed by atoms with Crippen LogP contribution in [0, 0.1) is 0 Å². The van der Waals surface area contributed by atoms with E-state index in [1.807, 2.05) is 13.0 Å². The molecule has 0 saturated carbocycles. The number of rotatable bonds is 2. The van der Waals surface area contributed by atoms with Gasteiger partial charge >= 0.3 is 0 Å². The molecule has 0 bridgehead atoms. The Labute approximate surface area is 81.7 Å². The van der Waals surface area contributed by atoms with Gasteiger partial charge in [-0.15, -0.1) is 13.2 Å². The normalized spacial score (nSPS) is 14.7. The fraction of sp³-hybridized carbons (Fsp3) is 0.231. The average molecular weight is 174 g/mol. The van der Waals surface area contributed by atoms with Crippen molar-refractivity contribution in [3.05, 3.63) is 61.3 Å². The van der Waals surface area contributed by atoms with Crippen LogP contribution in [0.25, 0.3) is 0 Å². The largest absolute Gasteiger partial charge is 0.106 e. The van der Waals surface area contributed by atoms with Gasteiger partial charge in [0.1, 0.15) is 0 Å². The lowest BCUT2D eigenvalue weighted by molar-refractivity contribution is 0.979. The minimum absolute atomic E-state index is 1.14. The van der Waals surface area contributed by atoms with Crippen LogP contribution in [0.2, 0.25) is 0 Å². The molecule has 0 saturated heterocycles. The van der Waals surface area contributed by atoms with Gasteiger partial charge in [-0.05, 0) is 30.9 Å². The summed E-state index contributed by atoms with van der Waals surface area (Å²) in [5.74, 6) is 0. The van der Waals surface area contributed by atoms with E-state index in [0.29, 0.717) is 0 Å². The maximum absolute atomic E-state index is 3.98. The molecule has 1 rings (SSSR count). The van der Waals surface area contributed by atoms with E-state index in [2.05, 4.69) is 44.0 Å². The van der Waals surface area contributed by atoms with Gasteiger partial charge in [-0.25, -0.2) is 0 Å². The number of hydrogen-bond acceptors (Lipinski definition) is 0. The van der Waals surface area contributed by atoms with Gasteiger partial charge in [0, 0.05) is 0 Å². The summed E-state index contributed by atoms with van der Waals surface area (Å²) in [4.78, 5) is 0. The Morgan fingerprint density at radius 3 is 2.62 bits per heavy atom. The molecule has 0 N–H and O–H groups in total. The predicted molar refractivity (Wildman–Crippen MR) is 61.7 cm³/mol. The highest BCUT2D eigenvalue weighted by molar-refractivity contribution is 5.40. The van der Waals surface area contributed by atoms with Crippen molar-refractivity contribution >= 4 is 0 Å². The predicted octanol–water partition coefficient (Wildman–Crippen LogP) is 4.20. The summed E-state index contributed by atoms with van der Waals surface area (Å²) in [5, 5.41) is 0. The minimum atomic E-state index is 1.14. The van der Waals surface area contributed by atoms with Crippen LogP contribution in [-0.4, -0.2) is 0 Å². The maximum Gasteiger partial charge on any atom is -0.0238 e. The summed E-state index contributed by atoms with van der Waals surface area (Å²) >= 11 is 0. The Balaban J connectivity index is 0.000000671. The van der Waals surface area contributed by atoms with Crippen molar-refractivity contribution in [2.45, 2.75) is 19.8 Å². The molecule has 0 aromatic rings. The summed E-state index contributed by atoms with van der Waals surface area (Å²) in [5.41, 5.74) is 2.52. The smallest absolute Gasteiger partial charge is 0.0238 e. The highest BCUT2D eigenvalue weighted by Gasteiger charge is 1.99. The fourth-order valence-electron chi connectivity index (χ4n) is 1.18. The SMILES string of the molecule is C=C.C=C(/C=C\C)C1=CC=CCC1. The lowest BCUT2D eigenvalue weighted by atomic mass is 9.98. The van der Waals surface area contributed by atoms with Crippen molar-refractivity contribution in [3.63, 3.8) is 0 Å². The Bertz CT molecular complexity index is 239. The molecule has 0 amide bonds. The zero-order valence-corrected chi connectivity index (χ0v) is 8.42. The molecule has 0 fully saturated rings. The zero-order chi connectivity index (χ0) is 10.1. The molecule has 13 heavy (non-hydrogen) atoms. The van der Waals surface area contributed by atoms with Crippen LogP contribution in [-0.2, 0) is 0 Å². The second-order valence-electron chi connectivity index (χ2n) is 2.68. The molecule has 0 spiro atoms. The van der Waals surface area contributed by atoms with E-state index < -0.39 is 0 Å². The van der Waals surface area contributed by atoms with E-state index in [0.717, 1.165) is 18.4 Å². The van der Waals surface area contributed by atoms with Crippen LogP contribution in [0.1, 0.15) is 19.8 Å². The minimum Gasteiger partial charge on any atom is -0.106 e. The van der Waals surface area contributed by atoms with Crippen molar-refractivity contribution in [2.75, 3.05) is 0 Å². The molecule has 1 aliphatic rings. The first kappa shape index (κ1) is 11.7. The Hall–Kier alpha value is -1.30. The van der Waals surface area contributed by atoms with E-state index in [-0.39, 0.29) is 0 Å². The molecule has 0 atom stereocenters.